The van der Waals surface area contributed by atoms with Crippen LogP contribution in [-0.2, 0) is 10.1 Å². The minimum absolute atomic E-state index is 0.448. The second kappa shape index (κ2) is 3.98. The maximum atomic E-state index is 10.3. The van der Waals surface area contributed by atoms with Crippen molar-refractivity contribution in [3.05, 3.63) is 0 Å². The Labute approximate surface area is 65.3 Å². The van der Waals surface area contributed by atoms with Crippen molar-refractivity contribution >= 4 is 10.1 Å². The Morgan fingerprint density at radius 2 is 2.09 bits per heavy atom. The molecule has 1 unspecified atom stereocenters. The minimum atomic E-state index is -4.01. The van der Waals surface area contributed by atoms with E-state index in [2.05, 4.69) is 0 Å². The molecule has 0 aliphatic carbocycles. The topological polar surface area (TPSA) is 104 Å². The highest BCUT2D eigenvalue weighted by Crippen LogP contribution is 1.95. The Balaban J connectivity index is 3.98. The molecule has 6 nitrogen and oxygen atoms in total. The van der Waals surface area contributed by atoms with Crippen LogP contribution in [0.1, 0.15) is 6.92 Å². The monoisotopic (exact) mass is 184 g/mol. The van der Waals surface area contributed by atoms with Crippen molar-refractivity contribution in [1.29, 1.82) is 0 Å². The first kappa shape index (κ1) is 10.8. The summed E-state index contributed by atoms with van der Waals surface area (Å²) in [6.07, 6.45) is 0. The number of rotatable bonds is 4. The molecule has 0 saturated carbocycles. The average molecular weight is 184 g/mol. The summed E-state index contributed by atoms with van der Waals surface area (Å²) in [5.74, 6) is 4.65. The highest BCUT2D eigenvalue weighted by molar-refractivity contribution is 7.85. The largest absolute Gasteiger partial charge is 0.380 e. The summed E-state index contributed by atoms with van der Waals surface area (Å²) in [5.41, 5.74) is 0. The number of hydrogen-bond acceptors (Lipinski definition) is 5. The fraction of sp³-hybridized carbons (Fsp3) is 1.00. The first-order valence-electron chi connectivity index (χ1n) is 2.94. The third-order valence-corrected chi connectivity index (χ3v) is 2.08. The maximum absolute atomic E-state index is 10.3. The third-order valence-electron chi connectivity index (χ3n) is 1.18. The molecular formula is C4H12N2O4S. The molecule has 0 aromatic rings. The van der Waals surface area contributed by atoms with Gasteiger partial charge in [-0.05, 0) is 6.92 Å². The van der Waals surface area contributed by atoms with Crippen LogP contribution in [0.4, 0.5) is 0 Å². The molecule has 4 N–H and O–H groups in total. The predicted molar refractivity (Wildman–Crippen MR) is 39.0 cm³/mol. The zero-order chi connectivity index (χ0) is 9.07. The van der Waals surface area contributed by atoms with E-state index in [-0.39, 0.29) is 0 Å². The highest BCUT2D eigenvalue weighted by atomic mass is 32.2. The van der Waals surface area contributed by atoms with E-state index in [4.69, 9.17) is 15.5 Å². The molecular weight excluding hydrogens is 172 g/mol. The molecule has 11 heavy (non-hydrogen) atoms. The molecule has 68 valence electrons. The molecule has 7 heteroatoms. The summed E-state index contributed by atoms with van der Waals surface area (Å²) in [7, 11) is -4.01. The Morgan fingerprint density at radius 1 is 1.64 bits per heavy atom. The second-order valence-electron chi connectivity index (χ2n) is 2.25. The van der Waals surface area contributed by atoms with Crippen LogP contribution in [0.25, 0.3) is 0 Å². The van der Waals surface area contributed by atoms with E-state index >= 15 is 0 Å². The van der Waals surface area contributed by atoms with Crippen molar-refractivity contribution in [3.63, 3.8) is 0 Å². The van der Waals surface area contributed by atoms with E-state index < -0.39 is 28.6 Å². The van der Waals surface area contributed by atoms with Crippen LogP contribution in [0, 0.1) is 0 Å². The van der Waals surface area contributed by atoms with E-state index in [1.54, 1.807) is 0 Å². The van der Waals surface area contributed by atoms with Crippen LogP contribution in [0.3, 0.4) is 0 Å². The summed E-state index contributed by atoms with van der Waals surface area (Å²) in [4.78, 5) is 0. The van der Waals surface area contributed by atoms with Crippen LogP contribution in [0.5, 0.6) is 0 Å². The molecule has 0 aliphatic heterocycles. The number of aliphatic hydroxyl groups excluding tert-OH is 1. The van der Waals surface area contributed by atoms with Gasteiger partial charge in [-0.2, -0.15) is 8.42 Å². The molecule has 0 amide bonds. The fourth-order valence-corrected chi connectivity index (χ4v) is 1.34. The van der Waals surface area contributed by atoms with Crippen molar-refractivity contribution in [3.8, 4) is 0 Å². The van der Waals surface area contributed by atoms with Gasteiger partial charge in [-0.15, -0.1) is 0 Å². The van der Waals surface area contributed by atoms with Gasteiger partial charge < -0.3 is 5.11 Å². The molecule has 0 aromatic heterocycles. The Morgan fingerprint density at radius 3 is 2.36 bits per heavy atom. The number of aliphatic hydroxyl groups is 1. The number of nitrogens with zero attached hydrogens (tertiary/aromatic N) is 1. The molecule has 0 spiro atoms. The molecule has 0 bridgehead atoms. The summed E-state index contributed by atoms with van der Waals surface area (Å²) in [5, 5.41) is 9.34. The molecule has 0 heterocycles. The second-order valence-corrected chi connectivity index (χ2v) is 3.75. The van der Waals surface area contributed by atoms with E-state index in [9.17, 15) is 8.42 Å². The normalized spacial score (nSPS) is 15.4. The fourth-order valence-electron chi connectivity index (χ4n) is 0.540. The number of nitrogens with two attached hydrogens (primary N) is 1. The zero-order valence-corrected chi connectivity index (χ0v) is 6.95. The maximum Gasteiger partial charge on any atom is 0.266 e. The SMILES string of the molecule is CC(CS(=O)(=O)O)N(N)CO. The predicted octanol–water partition coefficient (Wildman–Crippen LogP) is -1.61. The summed E-state index contributed by atoms with van der Waals surface area (Å²) in [6, 6.07) is -0.602. The Kier molecular flexibility index (Phi) is 3.90. The standard InChI is InChI=1S/C4H12N2O4S/c1-4(6(5)3-7)2-11(8,9)10/h4,7H,2-3,5H2,1H3,(H,8,9,10). The Hall–Kier alpha value is -0.210. The van der Waals surface area contributed by atoms with Gasteiger partial charge in [-0.1, -0.05) is 0 Å². The van der Waals surface area contributed by atoms with Gasteiger partial charge in [-0.3, -0.25) is 10.4 Å². The van der Waals surface area contributed by atoms with Crippen molar-refractivity contribution in [1.82, 2.24) is 5.01 Å². The summed E-state index contributed by atoms with van der Waals surface area (Å²) < 4.78 is 28.8. The molecule has 0 fully saturated rings. The van der Waals surface area contributed by atoms with Crippen LogP contribution in [-0.4, -0.2) is 41.6 Å². The van der Waals surface area contributed by atoms with Crippen molar-refractivity contribution in [2.45, 2.75) is 13.0 Å². The molecule has 1 atom stereocenters. The molecule has 0 radical (unpaired) electrons. The molecule has 0 aliphatic rings. The van der Waals surface area contributed by atoms with Gasteiger partial charge in [0.05, 0.1) is 5.75 Å². The van der Waals surface area contributed by atoms with Gasteiger partial charge in [0.1, 0.15) is 6.73 Å². The van der Waals surface area contributed by atoms with Gasteiger partial charge in [0.15, 0.2) is 0 Å². The van der Waals surface area contributed by atoms with Crippen molar-refractivity contribution in [2.24, 2.45) is 5.84 Å². The number of hydrazine groups is 1. The van der Waals surface area contributed by atoms with E-state index in [1.807, 2.05) is 0 Å². The van der Waals surface area contributed by atoms with Crippen molar-refractivity contribution < 1.29 is 18.1 Å². The lowest BCUT2D eigenvalue weighted by molar-refractivity contribution is 0.0815. The summed E-state index contributed by atoms with van der Waals surface area (Å²) in [6.45, 7) is 1.03. The minimum Gasteiger partial charge on any atom is -0.380 e. The zero-order valence-electron chi connectivity index (χ0n) is 6.14. The van der Waals surface area contributed by atoms with E-state index in [1.165, 1.54) is 6.92 Å². The van der Waals surface area contributed by atoms with Gasteiger partial charge >= 0.3 is 0 Å². The first-order valence-corrected chi connectivity index (χ1v) is 4.55. The van der Waals surface area contributed by atoms with Crippen LogP contribution in [0.2, 0.25) is 0 Å². The quantitative estimate of drug-likeness (QED) is 0.210. The number of hydrogen-bond donors (Lipinski definition) is 3. The first-order chi connectivity index (χ1) is 4.87. The average Bonchev–Trinajstić information content (AvgIpc) is 1.82. The lowest BCUT2D eigenvalue weighted by atomic mass is 10.4. The molecule has 0 saturated heterocycles. The Bertz CT molecular complexity index is 202. The third kappa shape index (κ3) is 5.10. The smallest absolute Gasteiger partial charge is 0.266 e. The van der Waals surface area contributed by atoms with E-state index in [0.29, 0.717) is 0 Å². The lowest BCUT2D eigenvalue weighted by Gasteiger charge is -2.19. The van der Waals surface area contributed by atoms with Crippen molar-refractivity contribution in [2.75, 3.05) is 12.5 Å². The molecule has 0 rings (SSSR count). The summed E-state index contributed by atoms with van der Waals surface area (Å²) >= 11 is 0. The van der Waals surface area contributed by atoms with Gasteiger partial charge in [0.2, 0.25) is 0 Å². The van der Waals surface area contributed by atoms with Gasteiger partial charge in [0.25, 0.3) is 10.1 Å². The molecule has 0 aromatic carbocycles. The highest BCUT2D eigenvalue weighted by Gasteiger charge is 2.15. The van der Waals surface area contributed by atoms with Gasteiger partial charge in [0, 0.05) is 6.04 Å². The lowest BCUT2D eigenvalue weighted by Crippen LogP contribution is -2.43. The van der Waals surface area contributed by atoms with Crippen LogP contribution < -0.4 is 5.84 Å². The van der Waals surface area contributed by atoms with Gasteiger partial charge in [-0.25, -0.2) is 5.01 Å². The van der Waals surface area contributed by atoms with E-state index in [0.717, 1.165) is 5.01 Å². The van der Waals surface area contributed by atoms with Crippen LogP contribution >= 0.6 is 0 Å². The van der Waals surface area contributed by atoms with Crippen LogP contribution in [0.15, 0.2) is 0 Å².